The lowest BCUT2D eigenvalue weighted by atomic mass is 9.62. The van der Waals surface area contributed by atoms with Crippen molar-refractivity contribution in [1.82, 2.24) is 24.9 Å². The number of rotatable bonds is 14. The number of aromatic nitrogens is 3. The Labute approximate surface area is 301 Å². The Bertz CT molecular complexity index is 1790. The number of carbonyl (C=O) groups is 4. The predicted molar refractivity (Wildman–Crippen MR) is 186 cm³/mol. The zero-order chi connectivity index (χ0) is 36.0. The molecule has 2 aliphatic heterocycles. The number of nitrogens with zero attached hydrogens (tertiary/aromatic N) is 5. The van der Waals surface area contributed by atoms with Crippen molar-refractivity contribution in [3.63, 3.8) is 0 Å². The molecule has 3 aromatic heterocycles. The first-order valence-electron chi connectivity index (χ1n) is 17.8. The highest BCUT2D eigenvalue weighted by Crippen LogP contribution is 2.47. The molecule has 51 heavy (non-hydrogen) atoms. The molecule has 2 atom stereocenters. The van der Waals surface area contributed by atoms with Gasteiger partial charge in [0.05, 0.1) is 30.9 Å². The molecule has 13 heteroatoms. The first kappa shape index (κ1) is 36.2. The second-order valence-corrected chi connectivity index (χ2v) is 14.2. The van der Waals surface area contributed by atoms with Crippen LogP contribution < -0.4 is 0 Å². The van der Waals surface area contributed by atoms with Crippen LogP contribution in [0.1, 0.15) is 90.3 Å². The molecule has 4 aromatic rings. The number of carbonyl (C=O) groups excluding carboxylic acids is 4. The van der Waals surface area contributed by atoms with E-state index >= 15 is 0 Å². The molecule has 0 spiro atoms. The maximum atomic E-state index is 14.4. The van der Waals surface area contributed by atoms with Crippen molar-refractivity contribution in [2.75, 3.05) is 26.2 Å². The summed E-state index contributed by atoms with van der Waals surface area (Å²) in [6.07, 6.45) is 9.91. The Kier molecular flexibility index (Phi) is 11.5. The van der Waals surface area contributed by atoms with Gasteiger partial charge < -0.3 is 23.2 Å². The van der Waals surface area contributed by atoms with Crippen LogP contribution in [0.15, 0.2) is 68.6 Å². The number of ketones is 2. The molecule has 5 heterocycles. The Hall–Kier alpha value is -4.58. The van der Waals surface area contributed by atoms with Gasteiger partial charge in [0, 0.05) is 48.6 Å². The molecule has 2 aliphatic rings. The third-order valence-electron chi connectivity index (χ3n) is 11.0. The van der Waals surface area contributed by atoms with E-state index < -0.39 is 11.3 Å². The number of hydrogen-bond acceptors (Lipinski definition) is 10. The fourth-order valence-electron chi connectivity index (χ4n) is 8.08. The minimum absolute atomic E-state index is 0.0000458. The molecule has 2 amide bonds. The molecule has 0 radical (unpaired) electrons. The zero-order valence-corrected chi connectivity index (χ0v) is 29.8. The summed E-state index contributed by atoms with van der Waals surface area (Å²) < 4.78 is 16.3. The van der Waals surface area contributed by atoms with E-state index in [4.69, 9.17) is 25.0 Å². The Morgan fingerprint density at radius 3 is 2.12 bits per heavy atom. The summed E-state index contributed by atoms with van der Waals surface area (Å²) in [5, 5.41) is 4.44. The Morgan fingerprint density at radius 1 is 0.902 bits per heavy atom. The molecule has 12 nitrogen and oxygen atoms in total. The minimum Gasteiger partial charge on any atom is -0.442 e. The number of oxazole rings is 2. The quantitative estimate of drug-likeness (QED) is 0.133. The first-order chi connectivity index (χ1) is 24.7. The van der Waals surface area contributed by atoms with Crippen molar-refractivity contribution in [2.24, 2.45) is 23.2 Å². The molecular weight excluding hydrogens is 674 g/mol. The lowest BCUT2D eigenvalue weighted by Crippen LogP contribution is -2.47. The lowest BCUT2D eigenvalue weighted by molar-refractivity contribution is -0.133. The summed E-state index contributed by atoms with van der Waals surface area (Å²) >= 11 is 6.34. The van der Waals surface area contributed by atoms with Gasteiger partial charge in [0.15, 0.2) is 0 Å². The van der Waals surface area contributed by atoms with Gasteiger partial charge in [0.2, 0.25) is 23.4 Å². The largest absolute Gasteiger partial charge is 0.442 e. The number of aryl methyl sites for hydroxylation is 1. The smallest absolute Gasteiger partial charge is 0.263 e. The van der Waals surface area contributed by atoms with Crippen LogP contribution in [0.4, 0.5) is 0 Å². The summed E-state index contributed by atoms with van der Waals surface area (Å²) in [5.41, 5.74) is 0.639. The second-order valence-electron chi connectivity index (χ2n) is 13.8. The number of amides is 2. The monoisotopic (exact) mass is 717 g/mol. The van der Waals surface area contributed by atoms with Crippen LogP contribution >= 0.6 is 11.6 Å². The maximum Gasteiger partial charge on any atom is 0.263 e. The van der Waals surface area contributed by atoms with E-state index in [-0.39, 0.29) is 59.8 Å². The highest BCUT2D eigenvalue weighted by Gasteiger charge is 2.48. The van der Waals surface area contributed by atoms with Crippen LogP contribution in [0.3, 0.4) is 0 Å². The summed E-state index contributed by atoms with van der Waals surface area (Å²) in [6, 6.07) is 9.12. The zero-order valence-electron chi connectivity index (χ0n) is 29.1. The van der Waals surface area contributed by atoms with E-state index in [9.17, 15) is 19.2 Å². The van der Waals surface area contributed by atoms with Gasteiger partial charge >= 0.3 is 0 Å². The standard InChI is InChI=1S/C38H44ClN5O7/c1-3-38(35(48)37-41-15-21-50-37,28-11-18-44(19-12-28)32(45)23-27-6-4-5-7-31(27)39)13-8-30(34(47)36-40-14-20-49-36)26-9-16-43(17-10-26)33(46)24-29-22-25(2)42-51-29/h4-7,14-15,20-22,26,28,30H,3,8-13,16-19,23-24H2,1-2H3. The van der Waals surface area contributed by atoms with E-state index in [1.54, 1.807) is 12.1 Å². The van der Waals surface area contributed by atoms with Gasteiger partial charge in [-0.15, -0.1) is 0 Å². The summed E-state index contributed by atoms with van der Waals surface area (Å²) in [4.78, 5) is 66.8. The van der Waals surface area contributed by atoms with E-state index in [1.807, 2.05) is 41.8 Å². The first-order valence-corrected chi connectivity index (χ1v) is 18.2. The highest BCUT2D eigenvalue weighted by molar-refractivity contribution is 6.31. The van der Waals surface area contributed by atoms with Gasteiger partial charge in [-0.25, -0.2) is 9.97 Å². The second kappa shape index (κ2) is 16.2. The van der Waals surface area contributed by atoms with E-state index in [2.05, 4.69) is 15.1 Å². The van der Waals surface area contributed by atoms with Crippen LogP contribution in [-0.4, -0.2) is 74.5 Å². The molecule has 0 aliphatic carbocycles. The van der Waals surface area contributed by atoms with Crippen molar-refractivity contribution < 1.29 is 32.5 Å². The molecule has 0 N–H and O–H groups in total. The van der Waals surface area contributed by atoms with Gasteiger partial charge in [0.1, 0.15) is 18.3 Å². The minimum atomic E-state index is -0.871. The Balaban J connectivity index is 1.18. The molecule has 1 aromatic carbocycles. The number of Topliss-reactive ketones (excluding diaryl/α,β-unsaturated/α-hetero) is 2. The van der Waals surface area contributed by atoms with E-state index in [1.165, 1.54) is 24.9 Å². The number of hydrogen-bond donors (Lipinski definition) is 0. The van der Waals surface area contributed by atoms with Crippen molar-refractivity contribution in [3.05, 3.63) is 89.1 Å². The number of benzene rings is 1. The summed E-state index contributed by atoms with van der Waals surface area (Å²) in [5.74, 6) is -0.378. The average molecular weight is 718 g/mol. The van der Waals surface area contributed by atoms with E-state index in [0.29, 0.717) is 81.9 Å². The third kappa shape index (κ3) is 8.16. The Morgan fingerprint density at radius 2 is 1.53 bits per heavy atom. The fraction of sp³-hybridized carbons (Fsp3) is 0.500. The number of halogens is 1. The van der Waals surface area contributed by atoms with E-state index in [0.717, 1.165) is 11.3 Å². The lowest BCUT2D eigenvalue weighted by Gasteiger charge is -2.44. The topological polar surface area (TPSA) is 153 Å². The van der Waals surface area contributed by atoms with Crippen LogP contribution in [0.5, 0.6) is 0 Å². The molecule has 0 saturated carbocycles. The van der Waals surface area contributed by atoms with Gasteiger partial charge in [-0.3, -0.25) is 19.2 Å². The third-order valence-corrected chi connectivity index (χ3v) is 11.4. The summed E-state index contributed by atoms with van der Waals surface area (Å²) in [7, 11) is 0. The van der Waals surface area contributed by atoms with Crippen LogP contribution in [-0.2, 0) is 22.4 Å². The molecule has 2 fully saturated rings. The van der Waals surface area contributed by atoms with Gasteiger partial charge in [-0.05, 0) is 75.3 Å². The molecule has 270 valence electrons. The number of piperidine rings is 2. The average Bonchev–Trinajstić information content (AvgIpc) is 3.96. The van der Waals surface area contributed by atoms with Crippen LogP contribution in [0.2, 0.25) is 5.02 Å². The van der Waals surface area contributed by atoms with Crippen molar-refractivity contribution >= 4 is 35.0 Å². The highest BCUT2D eigenvalue weighted by atomic mass is 35.5. The number of likely N-dealkylation sites (tertiary alicyclic amines) is 2. The van der Waals surface area contributed by atoms with Gasteiger partial charge in [-0.1, -0.05) is 41.9 Å². The molecule has 6 rings (SSSR count). The van der Waals surface area contributed by atoms with Crippen molar-refractivity contribution in [3.8, 4) is 0 Å². The molecule has 2 unspecified atom stereocenters. The fourth-order valence-corrected chi connectivity index (χ4v) is 8.29. The maximum absolute atomic E-state index is 14.4. The molecule has 0 bridgehead atoms. The van der Waals surface area contributed by atoms with Crippen LogP contribution in [0, 0.1) is 30.1 Å². The normalized spacial score (nSPS) is 17.6. The van der Waals surface area contributed by atoms with Gasteiger partial charge in [0.25, 0.3) is 11.8 Å². The van der Waals surface area contributed by atoms with Crippen molar-refractivity contribution in [1.29, 1.82) is 0 Å². The SMILES string of the molecule is CCC(CCC(C(=O)c1ncco1)C1CCN(C(=O)Cc2cc(C)no2)CC1)(C(=O)c1ncco1)C1CCN(C(=O)Cc2ccccc2Cl)CC1. The van der Waals surface area contributed by atoms with Crippen molar-refractivity contribution in [2.45, 2.75) is 71.6 Å². The van der Waals surface area contributed by atoms with Crippen LogP contribution in [0.25, 0.3) is 0 Å². The predicted octanol–water partition coefficient (Wildman–Crippen LogP) is 6.43. The molecular formula is C38H44ClN5O7. The molecule has 2 saturated heterocycles. The van der Waals surface area contributed by atoms with Gasteiger partial charge in [-0.2, -0.15) is 0 Å². The summed E-state index contributed by atoms with van der Waals surface area (Å²) in [6.45, 7) is 5.83.